The van der Waals surface area contributed by atoms with Crippen LogP contribution in [0.4, 0.5) is 0 Å². The third-order valence-corrected chi connectivity index (χ3v) is 4.76. The molecule has 0 saturated carbocycles. The molecule has 180 valence electrons. The number of ether oxygens (including phenoxy) is 1. The van der Waals surface area contributed by atoms with Gasteiger partial charge in [0.2, 0.25) is 0 Å². The van der Waals surface area contributed by atoms with E-state index in [4.69, 9.17) is 32.8 Å². The van der Waals surface area contributed by atoms with Gasteiger partial charge in [0.15, 0.2) is 0 Å². The maximum atomic E-state index is 7.50. The summed E-state index contributed by atoms with van der Waals surface area (Å²) in [5, 5.41) is 2.05. The Bertz CT molecular complexity index is 966. The second-order valence-corrected chi connectivity index (χ2v) is 7.58. The Morgan fingerprint density at radius 2 is 1.20 bits per heavy atom. The summed E-state index contributed by atoms with van der Waals surface area (Å²) in [5.74, 6) is 0.833. The van der Waals surface area contributed by atoms with E-state index in [0.29, 0.717) is 0 Å². The Morgan fingerprint density at radius 3 is 1.57 bits per heavy atom. The normalized spacial score (nSPS) is 13.4. The van der Waals surface area contributed by atoms with Crippen LogP contribution in [0.2, 0.25) is 0 Å². The molecule has 0 fully saturated rings. The number of benzene rings is 2. The summed E-state index contributed by atoms with van der Waals surface area (Å²) in [5.41, 5.74) is 3.05. The number of hydrogen-bond donors (Lipinski definition) is 0. The van der Waals surface area contributed by atoms with E-state index in [1.165, 1.54) is 5.56 Å². The Balaban J connectivity index is -0.000000912. The molecule has 0 aromatic heterocycles. The van der Waals surface area contributed by atoms with Gasteiger partial charge in [-0.3, -0.25) is 0 Å². The first-order valence-corrected chi connectivity index (χ1v) is 9.99. The van der Waals surface area contributed by atoms with Crippen LogP contribution in [-0.2, 0) is 48.7 Å². The van der Waals surface area contributed by atoms with Gasteiger partial charge in [-0.15, -0.1) is 0 Å². The first-order chi connectivity index (χ1) is 16.9. The maximum absolute atomic E-state index is 7.50. The van der Waals surface area contributed by atoms with Crippen LogP contribution in [-0.4, -0.2) is 22.3 Å². The Labute approximate surface area is 214 Å². The standard InChI is InChI=1S/C21H23NO2.5CO.Cr/c1-21(2,3)22-19(16-11-7-5-8-12-16)18(15-23-4)20(24-22)17-13-9-6-10-14-17;5*1-2;/h5-14,19H,1-4H3;;;;;;. The number of methoxy groups -OCH3 is 1. The molecule has 9 heteroatoms. The molecule has 1 unspecified atom stereocenters. The number of hydrogen-bond acceptors (Lipinski definition) is 3. The van der Waals surface area contributed by atoms with Gasteiger partial charge in [-0.2, -0.15) is 0 Å². The second kappa shape index (κ2) is 21.5. The van der Waals surface area contributed by atoms with Crippen molar-refractivity contribution in [2.24, 2.45) is 0 Å². The van der Waals surface area contributed by atoms with E-state index in [1.807, 2.05) is 24.3 Å². The van der Waals surface area contributed by atoms with Crippen LogP contribution < -0.4 is 0 Å². The molecule has 0 saturated heterocycles. The number of hydroxylamine groups is 2. The van der Waals surface area contributed by atoms with Crippen LogP contribution in [0.25, 0.3) is 5.76 Å². The zero-order chi connectivity index (χ0) is 28.0. The fourth-order valence-electron chi connectivity index (χ4n) is 3.02. The zero-order valence-electron chi connectivity index (χ0n) is 19.6. The molecule has 2 aromatic carbocycles. The molecule has 8 nitrogen and oxygen atoms in total. The van der Waals surface area contributed by atoms with Crippen LogP contribution in [0.5, 0.6) is 0 Å². The summed E-state index contributed by atoms with van der Waals surface area (Å²) in [6.45, 7) is 29.0. The predicted octanol–water partition coefficient (Wildman–Crippen LogP) is 4.32. The topological polar surface area (TPSA) is 121 Å². The van der Waals surface area contributed by atoms with Crippen LogP contribution >= 0.6 is 0 Å². The quantitative estimate of drug-likeness (QED) is 0.447. The van der Waals surface area contributed by atoms with E-state index in [0.717, 1.165) is 21.5 Å². The molecule has 1 aliphatic heterocycles. The molecule has 1 aliphatic rings. The van der Waals surface area contributed by atoms with Crippen molar-refractivity contribution in [2.75, 3.05) is 7.11 Å². The van der Waals surface area contributed by atoms with Crippen molar-refractivity contribution < 1.29 is 48.7 Å². The molecule has 0 spiro atoms. The van der Waals surface area contributed by atoms with E-state index in [2.05, 4.69) is 111 Å². The Hall–Kier alpha value is -3.00. The van der Waals surface area contributed by atoms with Crippen LogP contribution in [0.3, 0.4) is 0 Å². The van der Waals surface area contributed by atoms with Gasteiger partial charge >= 0.3 is 214 Å². The molecule has 1 heterocycles. The van der Waals surface area contributed by atoms with Gasteiger partial charge in [0.05, 0.1) is 0 Å². The molecule has 0 amide bonds. The minimum atomic E-state index is -0.184. The molecule has 0 N–H and O–H groups in total. The van der Waals surface area contributed by atoms with Gasteiger partial charge in [-0.05, 0) is 0 Å². The van der Waals surface area contributed by atoms with Crippen molar-refractivity contribution in [1.82, 2.24) is 5.06 Å². The molecule has 0 bridgehead atoms. The fraction of sp³-hybridized carbons (Fsp3) is 0.231. The van der Waals surface area contributed by atoms with Crippen molar-refractivity contribution in [3.63, 3.8) is 0 Å². The van der Waals surface area contributed by atoms with Crippen LogP contribution in [0.1, 0.15) is 37.9 Å². The van der Waals surface area contributed by atoms with Crippen LogP contribution in [0, 0.1) is 33.3 Å². The van der Waals surface area contributed by atoms with Crippen molar-refractivity contribution in [3.05, 3.63) is 111 Å². The summed E-state index contributed by atoms with van der Waals surface area (Å²) in [6.07, 6.45) is 0. The molecular weight excluding hydrogens is 490 g/mol. The number of nitrogens with zero attached hydrogens (tertiary/aromatic N) is 1. The van der Waals surface area contributed by atoms with Crippen molar-refractivity contribution in [3.8, 4) is 0 Å². The fourth-order valence-corrected chi connectivity index (χ4v) is 3.33. The molecule has 1 atom stereocenters. The molecule has 2 aromatic rings. The van der Waals surface area contributed by atoms with E-state index >= 15 is 0 Å². The van der Waals surface area contributed by atoms with Crippen molar-refractivity contribution >= 4 is 10.3 Å². The van der Waals surface area contributed by atoms with Gasteiger partial charge in [-0.1, -0.05) is 0 Å². The Morgan fingerprint density at radius 1 is 0.800 bits per heavy atom. The second-order valence-electron chi connectivity index (χ2n) is 7.00. The zero-order valence-corrected chi connectivity index (χ0v) is 20.8. The molecular formula is C26H23CrNO7. The third-order valence-electron chi connectivity index (χ3n) is 4.16. The summed E-state index contributed by atoms with van der Waals surface area (Å²) in [7, 11) is 1.68. The van der Waals surface area contributed by atoms with Gasteiger partial charge in [0.1, 0.15) is 0 Å². The average Bonchev–Trinajstić information content (AvgIpc) is 3.36. The van der Waals surface area contributed by atoms with Gasteiger partial charge in [0, 0.05) is 0 Å². The first kappa shape index (κ1) is 36.6. The van der Waals surface area contributed by atoms with Gasteiger partial charge in [-0.25, -0.2) is 0 Å². The predicted molar refractivity (Wildman–Crippen MR) is 117 cm³/mol. The summed E-state index contributed by atoms with van der Waals surface area (Å²) in [4.78, 5) is 6.41. The Kier molecular flexibility index (Phi) is 22.5. The van der Waals surface area contributed by atoms with E-state index in [9.17, 15) is 0 Å². The SMILES string of the molecule is CO[C](=[Cr])C1=C(c2ccccc2)ON(C(C)(C)C)C1c1ccccc1.[C-]#[O+].[C-]#[O+].[C-]#[O+].[C-]#[O+].[C-]#[O+]. The molecule has 3 rings (SSSR count). The van der Waals surface area contributed by atoms with Gasteiger partial charge < -0.3 is 0 Å². The first-order valence-electron chi connectivity index (χ1n) is 9.35. The molecule has 0 radical (unpaired) electrons. The van der Waals surface area contributed by atoms with E-state index < -0.39 is 0 Å². The molecule has 0 aliphatic carbocycles. The minimum absolute atomic E-state index is 0.0485. The monoisotopic (exact) mass is 513 g/mol. The summed E-state index contributed by atoms with van der Waals surface area (Å²) in [6, 6.07) is 20.5. The average molecular weight is 513 g/mol. The number of rotatable bonds is 4. The van der Waals surface area contributed by atoms with Crippen molar-refractivity contribution in [1.29, 1.82) is 0 Å². The summed E-state index contributed by atoms with van der Waals surface area (Å²) >= 11 is 3.07. The van der Waals surface area contributed by atoms with E-state index in [1.54, 1.807) is 7.11 Å². The van der Waals surface area contributed by atoms with Gasteiger partial charge in [0.25, 0.3) is 0 Å². The van der Waals surface area contributed by atoms with E-state index in [-0.39, 0.29) is 11.6 Å². The van der Waals surface area contributed by atoms with Crippen LogP contribution in [0.15, 0.2) is 66.2 Å². The molecule has 35 heavy (non-hydrogen) atoms. The third kappa shape index (κ3) is 10.9. The van der Waals surface area contributed by atoms with Crippen molar-refractivity contribution in [2.45, 2.75) is 32.4 Å². The summed E-state index contributed by atoms with van der Waals surface area (Å²) < 4.78 is 43.8.